The average Bonchev–Trinajstić information content (AvgIpc) is 3.09. The van der Waals surface area contributed by atoms with Gasteiger partial charge in [0.25, 0.3) is 0 Å². The Morgan fingerprint density at radius 1 is 1.04 bits per heavy atom. The predicted molar refractivity (Wildman–Crippen MR) is 93.6 cm³/mol. The van der Waals surface area contributed by atoms with Gasteiger partial charge in [-0.2, -0.15) is 5.26 Å². The first kappa shape index (κ1) is 15.6. The lowest BCUT2D eigenvalue weighted by molar-refractivity contribution is 0.202. The number of aromatic nitrogens is 3. The summed E-state index contributed by atoms with van der Waals surface area (Å²) in [6, 6.07) is 8.67. The molecule has 2 aromatic heterocycles. The van der Waals surface area contributed by atoms with E-state index >= 15 is 0 Å². The van der Waals surface area contributed by atoms with Gasteiger partial charge in [0.05, 0.1) is 6.04 Å². The maximum atomic E-state index is 9.24. The third-order valence-corrected chi connectivity index (χ3v) is 4.82. The molecule has 2 aliphatic heterocycles. The SMILES string of the molecule is N#Cc1nccnc1N1CCN2C(C#Cc3ccccn3)CCC2C1. The number of rotatable bonds is 1. The smallest absolute Gasteiger partial charge is 0.183 e. The van der Waals surface area contributed by atoms with Crippen LogP contribution in [0.4, 0.5) is 5.82 Å². The van der Waals surface area contributed by atoms with E-state index in [1.807, 2.05) is 18.2 Å². The van der Waals surface area contributed by atoms with Gasteiger partial charge < -0.3 is 4.90 Å². The number of anilines is 1. The molecule has 0 aromatic carbocycles. The van der Waals surface area contributed by atoms with Crippen LogP contribution in [0.1, 0.15) is 24.2 Å². The zero-order valence-electron chi connectivity index (χ0n) is 13.8. The van der Waals surface area contributed by atoms with Crippen LogP contribution in [-0.4, -0.2) is 51.6 Å². The van der Waals surface area contributed by atoms with E-state index < -0.39 is 0 Å². The molecule has 4 rings (SSSR count). The number of piperazine rings is 1. The highest BCUT2D eigenvalue weighted by Gasteiger charge is 2.37. The minimum atomic E-state index is 0.284. The summed E-state index contributed by atoms with van der Waals surface area (Å²) in [6.07, 6.45) is 7.17. The lowest BCUT2D eigenvalue weighted by Crippen LogP contribution is -2.52. The van der Waals surface area contributed by atoms with Crippen molar-refractivity contribution in [2.24, 2.45) is 0 Å². The third kappa shape index (κ3) is 3.17. The van der Waals surface area contributed by atoms with Crippen LogP contribution < -0.4 is 4.90 Å². The van der Waals surface area contributed by atoms with E-state index in [0.717, 1.165) is 38.2 Å². The Balaban J connectivity index is 1.47. The summed E-state index contributed by atoms with van der Waals surface area (Å²) in [5.74, 6) is 7.29. The zero-order chi connectivity index (χ0) is 17.1. The van der Waals surface area contributed by atoms with Crippen molar-refractivity contribution in [1.29, 1.82) is 5.26 Å². The first-order valence-electron chi connectivity index (χ1n) is 8.49. The fraction of sp³-hybridized carbons (Fsp3) is 0.368. The second-order valence-electron chi connectivity index (χ2n) is 6.26. The molecule has 0 N–H and O–H groups in total. The van der Waals surface area contributed by atoms with Gasteiger partial charge in [-0.25, -0.2) is 15.0 Å². The standard InChI is InChI=1S/C19H18N6/c20-13-18-19(23-10-9-22-18)24-11-12-25-16(6-7-17(25)14-24)5-4-15-3-1-2-8-21-15/h1-3,8-10,16-17H,6-7,11-12,14H2. The molecule has 2 saturated heterocycles. The third-order valence-electron chi connectivity index (χ3n) is 4.82. The van der Waals surface area contributed by atoms with Gasteiger partial charge in [0.2, 0.25) is 0 Å². The van der Waals surface area contributed by atoms with E-state index in [1.165, 1.54) is 0 Å². The molecule has 2 atom stereocenters. The second-order valence-corrected chi connectivity index (χ2v) is 6.26. The molecular weight excluding hydrogens is 312 g/mol. The maximum absolute atomic E-state index is 9.24. The van der Waals surface area contributed by atoms with Gasteiger partial charge in [0.1, 0.15) is 11.8 Å². The number of hydrogen-bond donors (Lipinski definition) is 0. The zero-order valence-corrected chi connectivity index (χ0v) is 13.8. The molecule has 0 amide bonds. The summed E-state index contributed by atoms with van der Waals surface area (Å²) in [6.45, 7) is 2.63. The van der Waals surface area contributed by atoms with E-state index in [9.17, 15) is 5.26 Å². The van der Waals surface area contributed by atoms with Gasteiger partial charge in [0, 0.05) is 44.3 Å². The number of nitriles is 1. The molecule has 124 valence electrons. The molecule has 6 nitrogen and oxygen atoms in total. The highest BCUT2D eigenvalue weighted by Crippen LogP contribution is 2.29. The van der Waals surface area contributed by atoms with Crippen LogP contribution in [-0.2, 0) is 0 Å². The van der Waals surface area contributed by atoms with Gasteiger partial charge in [-0.05, 0) is 30.9 Å². The second kappa shape index (κ2) is 6.88. The fourth-order valence-corrected chi connectivity index (χ4v) is 3.64. The molecular formula is C19H18N6. The minimum Gasteiger partial charge on any atom is -0.351 e. The molecule has 0 aliphatic carbocycles. The highest BCUT2D eigenvalue weighted by molar-refractivity contribution is 5.50. The van der Waals surface area contributed by atoms with E-state index in [-0.39, 0.29) is 6.04 Å². The predicted octanol–water partition coefficient (Wildman–Crippen LogP) is 1.45. The monoisotopic (exact) mass is 330 g/mol. The van der Waals surface area contributed by atoms with Gasteiger partial charge in [0.15, 0.2) is 11.5 Å². The Morgan fingerprint density at radius 3 is 2.80 bits per heavy atom. The van der Waals surface area contributed by atoms with E-state index in [1.54, 1.807) is 18.6 Å². The van der Waals surface area contributed by atoms with Crippen molar-refractivity contribution < 1.29 is 0 Å². The molecule has 0 bridgehead atoms. The van der Waals surface area contributed by atoms with Crippen molar-refractivity contribution in [3.05, 3.63) is 48.2 Å². The average molecular weight is 330 g/mol. The first-order chi connectivity index (χ1) is 12.3. The van der Waals surface area contributed by atoms with Crippen LogP contribution in [0.25, 0.3) is 0 Å². The summed E-state index contributed by atoms with van der Waals surface area (Å²) in [4.78, 5) is 17.4. The van der Waals surface area contributed by atoms with E-state index in [4.69, 9.17) is 0 Å². The minimum absolute atomic E-state index is 0.284. The fourth-order valence-electron chi connectivity index (χ4n) is 3.64. The molecule has 2 unspecified atom stereocenters. The Bertz CT molecular complexity index is 847. The van der Waals surface area contributed by atoms with Crippen LogP contribution in [0.15, 0.2) is 36.8 Å². The van der Waals surface area contributed by atoms with Crippen LogP contribution in [0, 0.1) is 23.2 Å². The summed E-state index contributed by atoms with van der Waals surface area (Å²) >= 11 is 0. The topological polar surface area (TPSA) is 68.9 Å². The lowest BCUT2D eigenvalue weighted by atomic mass is 10.1. The lowest BCUT2D eigenvalue weighted by Gasteiger charge is -2.39. The molecule has 6 heteroatoms. The Hall–Kier alpha value is -2.96. The summed E-state index contributed by atoms with van der Waals surface area (Å²) in [5, 5.41) is 9.24. The van der Waals surface area contributed by atoms with Crippen LogP contribution >= 0.6 is 0 Å². The Labute approximate surface area is 147 Å². The number of hydrogen-bond acceptors (Lipinski definition) is 6. The molecule has 2 fully saturated rings. The Kier molecular flexibility index (Phi) is 4.28. The van der Waals surface area contributed by atoms with Crippen molar-refractivity contribution in [2.75, 3.05) is 24.5 Å². The van der Waals surface area contributed by atoms with Gasteiger partial charge in [-0.15, -0.1) is 0 Å². The van der Waals surface area contributed by atoms with Crippen molar-refractivity contribution >= 4 is 5.82 Å². The highest BCUT2D eigenvalue weighted by atomic mass is 15.3. The molecule has 0 radical (unpaired) electrons. The van der Waals surface area contributed by atoms with Crippen LogP contribution in [0.3, 0.4) is 0 Å². The summed E-state index contributed by atoms with van der Waals surface area (Å²) in [5.41, 5.74) is 1.23. The summed E-state index contributed by atoms with van der Waals surface area (Å²) < 4.78 is 0. The Morgan fingerprint density at radius 2 is 1.96 bits per heavy atom. The first-order valence-corrected chi connectivity index (χ1v) is 8.49. The normalized spacial score (nSPS) is 22.6. The largest absolute Gasteiger partial charge is 0.351 e. The van der Waals surface area contributed by atoms with Gasteiger partial charge in [-0.1, -0.05) is 12.0 Å². The molecule has 4 heterocycles. The van der Waals surface area contributed by atoms with Crippen molar-refractivity contribution in [2.45, 2.75) is 24.9 Å². The molecule has 2 aliphatic rings. The van der Waals surface area contributed by atoms with Crippen molar-refractivity contribution in [3.8, 4) is 17.9 Å². The van der Waals surface area contributed by atoms with E-state index in [2.05, 4.69) is 42.7 Å². The molecule has 0 saturated carbocycles. The number of fused-ring (bicyclic) bond motifs is 1. The number of nitrogens with zero attached hydrogens (tertiary/aromatic N) is 6. The maximum Gasteiger partial charge on any atom is 0.183 e. The molecule has 25 heavy (non-hydrogen) atoms. The van der Waals surface area contributed by atoms with Crippen LogP contribution in [0.2, 0.25) is 0 Å². The number of pyridine rings is 1. The van der Waals surface area contributed by atoms with Crippen molar-refractivity contribution in [1.82, 2.24) is 19.9 Å². The van der Waals surface area contributed by atoms with Crippen molar-refractivity contribution in [3.63, 3.8) is 0 Å². The molecule has 0 spiro atoms. The quantitative estimate of drug-likeness (QED) is 0.737. The van der Waals surface area contributed by atoms with Gasteiger partial charge >= 0.3 is 0 Å². The van der Waals surface area contributed by atoms with E-state index in [0.29, 0.717) is 17.6 Å². The molecule has 2 aromatic rings. The van der Waals surface area contributed by atoms with Gasteiger partial charge in [-0.3, -0.25) is 4.90 Å². The van der Waals surface area contributed by atoms with Crippen LogP contribution in [0.5, 0.6) is 0 Å². The summed E-state index contributed by atoms with van der Waals surface area (Å²) in [7, 11) is 0.